The van der Waals surface area contributed by atoms with Crippen LogP contribution in [-0.4, -0.2) is 45.2 Å². The highest BCUT2D eigenvalue weighted by molar-refractivity contribution is 7.99. The summed E-state index contributed by atoms with van der Waals surface area (Å²) in [5, 5.41) is 4.59. The van der Waals surface area contributed by atoms with Crippen LogP contribution in [-0.2, 0) is 7.05 Å². The van der Waals surface area contributed by atoms with Gasteiger partial charge in [0.1, 0.15) is 5.15 Å². The van der Waals surface area contributed by atoms with Crippen molar-refractivity contribution in [3.05, 3.63) is 16.4 Å². The van der Waals surface area contributed by atoms with E-state index in [1.54, 1.807) is 11.7 Å². The number of carbonyl (C=O) groups excluding carboxylic acids is 1. The van der Waals surface area contributed by atoms with E-state index < -0.39 is 0 Å². The lowest BCUT2D eigenvalue weighted by molar-refractivity contribution is 0.0771. The molecule has 1 saturated heterocycles. The van der Waals surface area contributed by atoms with Crippen molar-refractivity contribution in [3.63, 3.8) is 0 Å². The van der Waals surface area contributed by atoms with Crippen molar-refractivity contribution in [2.75, 3.05) is 24.6 Å². The first kappa shape index (κ1) is 11.8. The fraction of sp³-hybridized carbons (Fsp3) is 0.600. The molecule has 88 valence electrons. The van der Waals surface area contributed by atoms with E-state index in [1.807, 2.05) is 23.6 Å². The molecule has 6 heteroatoms. The molecule has 0 N–H and O–H groups in total. The highest BCUT2D eigenvalue weighted by Gasteiger charge is 2.25. The minimum absolute atomic E-state index is 0.0101. The van der Waals surface area contributed by atoms with Crippen molar-refractivity contribution in [1.29, 1.82) is 0 Å². The van der Waals surface area contributed by atoms with Gasteiger partial charge in [0.05, 0.1) is 11.3 Å². The maximum Gasteiger partial charge on any atom is 0.258 e. The lowest BCUT2D eigenvalue weighted by Crippen LogP contribution is -2.38. The van der Waals surface area contributed by atoms with Gasteiger partial charge in [-0.15, -0.1) is 0 Å². The summed E-state index contributed by atoms with van der Waals surface area (Å²) in [7, 11) is 1.75. The van der Waals surface area contributed by atoms with Crippen molar-refractivity contribution in [1.82, 2.24) is 14.7 Å². The molecular weight excluding hydrogens is 246 g/mol. The molecule has 0 atom stereocenters. The second kappa shape index (κ2) is 4.67. The van der Waals surface area contributed by atoms with Gasteiger partial charge < -0.3 is 4.90 Å². The van der Waals surface area contributed by atoms with E-state index in [9.17, 15) is 4.79 Å². The molecular formula is C10H14ClN3OS. The van der Waals surface area contributed by atoms with Crippen LogP contribution in [0.4, 0.5) is 0 Å². The van der Waals surface area contributed by atoms with E-state index in [4.69, 9.17) is 11.6 Å². The van der Waals surface area contributed by atoms with Crippen molar-refractivity contribution >= 4 is 29.3 Å². The van der Waals surface area contributed by atoms with Gasteiger partial charge in [0.25, 0.3) is 5.91 Å². The van der Waals surface area contributed by atoms with E-state index >= 15 is 0 Å². The third-order valence-corrected chi connectivity index (χ3v) is 4.04. The van der Waals surface area contributed by atoms with Crippen LogP contribution in [0.25, 0.3) is 0 Å². The highest BCUT2D eigenvalue weighted by Crippen LogP contribution is 2.22. The Hall–Kier alpha value is -0.680. The van der Waals surface area contributed by atoms with Gasteiger partial charge >= 0.3 is 0 Å². The zero-order valence-electron chi connectivity index (χ0n) is 9.36. The molecule has 0 bridgehead atoms. The first-order chi connectivity index (χ1) is 7.61. The van der Waals surface area contributed by atoms with Crippen LogP contribution in [0.2, 0.25) is 5.15 Å². The average Bonchev–Trinajstić information content (AvgIpc) is 2.54. The van der Waals surface area contributed by atoms with Crippen LogP contribution in [0.3, 0.4) is 0 Å². The Bertz CT molecular complexity index is 412. The molecule has 0 saturated carbocycles. The Morgan fingerprint density at radius 2 is 2.06 bits per heavy atom. The maximum atomic E-state index is 12.2. The number of aryl methyl sites for hydroxylation is 2. The molecule has 16 heavy (non-hydrogen) atoms. The van der Waals surface area contributed by atoms with E-state index in [2.05, 4.69) is 5.10 Å². The molecule has 0 spiro atoms. The summed E-state index contributed by atoms with van der Waals surface area (Å²) in [4.78, 5) is 14.1. The summed E-state index contributed by atoms with van der Waals surface area (Å²) < 4.78 is 1.54. The van der Waals surface area contributed by atoms with Gasteiger partial charge in [0.2, 0.25) is 0 Å². The van der Waals surface area contributed by atoms with E-state index in [1.165, 1.54) is 0 Å². The molecule has 1 amide bonds. The summed E-state index contributed by atoms with van der Waals surface area (Å²) in [5.41, 5.74) is 1.26. The quantitative estimate of drug-likeness (QED) is 0.769. The normalized spacial score (nSPS) is 16.6. The van der Waals surface area contributed by atoms with E-state index in [0.29, 0.717) is 16.4 Å². The molecule has 0 unspecified atom stereocenters. The van der Waals surface area contributed by atoms with E-state index in [0.717, 1.165) is 24.6 Å². The molecule has 1 aromatic rings. The summed E-state index contributed by atoms with van der Waals surface area (Å²) in [6.45, 7) is 3.42. The van der Waals surface area contributed by atoms with Gasteiger partial charge in [0.15, 0.2) is 0 Å². The number of hydrogen-bond acceptors (Lipinski definition) is 3. The zero-order valence-corrected chi connectivity index (χ0v) is 10.9. The van der Waals surface area contributed by atoms with Crippen LogP contribution in [0.5, 0.6) is 0 Å². The lowest BCUT2D eigenvalue weighted by atomic mass is 10.2. The van der Waals surface area contributed by atoms with E-state index in [-0.39, 0.29) is 5.91 Å². The highest BCUT2D eigenvalue weighted by atomic mass is 35.5. The molecule has 1 fully saturated rings. The fourth-order valence-corrected chi connectivity index (χ4v) is 2.96. The molecule has 0 radical (unpaired) electrons. The number of hydrogen-bond donors (Lipinski definition) is 0. The minimum Gasteiger partial charge on any atom is -0.337 e. The third kappa shape index (κ3) is 2.06. The molecule has 1 aromatic heterocycles. The second-order valence-corrected chi connectivity index (χ2v) is 5.36. The number of aromatic nitrogens is 2. The van der Waals surface area contributed by atoms with Gasteiger partial charge in [-0.1, -0.05) is 11.6 Å². The Morgan fingerprint density at radius 1 is 1.44 bits per heavy atom. The minimum atomic E-state index is 0.0101. The summed E-state index contributed by atoms with van der Waals surface area (Å²) in [5.74, 6) is 2.02. The first-order valence-corrected chi connectivity index (χ1v) is 6.70. The molecule has 0 aliphatic carbocycles. The first-order valence-electron chi connectivity index (χ1n) is 5.17. The van der Waals surface area contributed by atoms with Crippen molar-refractivity contribution in [2.24, 2.45) is 7.05 Å². The molecule has 1 aliphatic heterocycles. The van der Waals surface area contributed by atoms with Gasteiger partial charge in [-0.25, -0.2) is 0 Å². The molecule has 4 nitrogen and oxygen atoms in total. The van der Waals surface area contributed by atoms with Crippen molar-refractivity contribution in [2.45, 2.75) is 6.92 Å². The fourth-order valence-electron chi connectivity index (χ4n) is 1.80. The van der Waals surface area contributed by atoms with Crippen LogP contribution in [0.15, 0.2) is 0 Å². The Kier molecular flexibility index (Phi) is 3.44. The average molecular weight is 260 g/mol. The van der Waals surface area contributed by atoms with Gasteiger partial charge in [-0.3, -0.25) is 9.48 Å². The van der Waals surface area contributed by atoms with Crippen LogP contribution in [0, 0.1) is 6.92 Å². The standard InChI is InChI=1S/C10H14ClN3OS/c1-7-8(9(11)13(2)12-7)10(15)14-3-5-16-6-4-14/h3-6H2,1-2H3. The lowest BCUT2D eigenvalue weighted by Gasteiger charge is -2.26. The summed E-state index contributed by atoms with van der Waals surface area (Å²) >= 11 is 7.95. The molecule has 1 aliphatic rings. The van der Waals surface area contributed by atoms with Gasteiger partial charge in [-0.2, -0.15) is 16.9 Å². The largest absolute Gasteiger partial charge is 0.337 e. The number of nitrogens with zero attached hydrogens (tertiary/aromatic N) is 3. The predicted molar refractivity (Wildman–Crippen MR) is 66.2 cm³/mol. The number of carbonyl (C=O) groups is 1. The molecule has 2 heterocycles. The predicted octanol–water partition coefficient (Wildman–Crippen LogP) is 1.57. The second-order valence-electron chi connectivity index (χ2n) is 3.78. The number of halogens is 1. The van der Waals surface area contributed by atoms with Crippen molar-refractivity contribution in [3.8, 4) is 0 Å². The van der Waals surface area contributed by atoms with Gasteiger partial charge in [-0.05, 0) is 6.92 Å². The smallest absolute Gasteiger partial charge is 0.258 e. The Morgan fingerprint density at radius 3 is 2.56 bits per heavy atom. The van der Waals surface area contributed by atoms with Crippen LogP contribution in [0.1, 0.15) is 16.1 Å². The molecule has 2 rings (SSSR count). The monoisotopic (exact) mass is 259 g/mol. The summed E-state index contributed by atoms with van der Waals surface area (Å²) in [6, 6.07) is 0. The molecule has 0 aromatic carbocycles. The SMILES string of the molecule is Cc1nn(C)c(Cl)c1C(=O)N1CCSCC1. The zero-order chi connectivity index (χ0) is 11.7. The van der Waals surface area contributed by atoms with Gasteiger partial charge in [0, 0.05) is 31.6 Å². The third-order valence-electron chi connectivity index (χ3n) is 2.66. The van der Waals surface area contributed by atoms with Crippen molar-refractivity contribution < 1.29 is 4.79 Å². The number of rotatable bonds is 1. The Balaban J connectivity index is 2.25. The maximum absolute atomic E-state index is 12.2. The topological polar surface area (TPSA) is 38.1 Å². The summed E-state index contributed by atoms with van der Waals surface area (Å²) in [6.07, 6.45) is 0. The van der Waals surface area contributed by atoms with Crippen LogP contribution >= 0.6 is 23.4 Å². The van der Waals surface area contributed by atoms with Crippen LogP contribution < -0.4 is 0 Å². The number of thioether (sulfide) groups is 1. The number of amides is 1. The Labute approximate surface area is 104 Å².